The van der Waals surface area contributed by atoms with E-state index in [4.69, 9.17) is 4.74 Å². The lowest BCUT2D eigenvalue weighted by Crippen LogP contribution is -2.08. The molecule has 0 heterocycles. The minimum atomic E-state index is -0.225. The molecule has 84 valence electrons. The van der Waals surface area contributed by atoms with Crippen molar-refractivity contribution in [1.82, 2.24) is 0 Å². The van der Waals surface area contributed by atoms with Crippen LogP contribution in [-0.4, -0.2) is 18.4 Å². The first-order chi connectivity index (χ1) is 7.72. The summed E-state index contributed by atoms with van der Waals surface area (Å²) in [6, 6.07) is 7.49. The van der Waals surface area contributed by atoms with Crippen LogP contribution in [0.15, 0.2) is 24.3 Å². The third-order valence-electron chi connectivity index (χ3n) is 2.85. The molecule has 3 nitrogen and oxygen atoms in total. The minimum absolute atomic E-state index is 0.00255. The maximum Gasteiger partial charge on any atom is 0.306 e. The van der Waals surface area contributed by atoms with Crippen LogP contribution in [-0.2, 0) is 9.53 Å². The lowest BCUT2D eigenvalue weighted by atomic mass is 9.98. The van der Waals surface area contributed by atoms with Crippen LogP contribution in [0.3, 0.4) is 0 Å². The van der Waals surface area contributed by atoms with Crippen molar-refractivity contribution in [2.75, 3.05) is 6.61 Å². The van der Waals surface area contributed by atoms with Gasteiger partial charge in [0.15, 0.2) is 5.78 Å². The Bertz CT molecular complexity index is 423. The van der Waals surface area contributed by atoms with Crippen LogP contribution in [0.25, 0.3) is 0 Å². The fraction of sp³-hybridized carbons (Fsp3) is 0.385. The molecule has 1 aromatic rings. The number of esters is 1. The van der Waals surface area contributed by atoms with Gasteiger partial charge in [0.1, 0.15) is 0 Å². The van der Waals surface area contributed by atoms with Gasteiger partial charge in [0, 0.05) is 17.9 Å². The molecule has 3 heteroatoms. The Labute approximate surface area is 94.4 Å². The Hall–Kier alpha value is -1.64. The van der Waals surface area contributed by atoms with Gasteiger partial charge in [-0.15, -0.1) is 0 Å². The number of ether oxygens (including phenoxy) is 1. The number of carbonyl (C=O) groups excluding carboxylic acids is 2. The summed E-state index contributed by atoms with van der Waals surface area (Å²) in [6.45, 7) is 2.17. The largest absolute Gasteiger partial charge is 0.466 e. The number of Topliss-reactive ketones (excluding diaryl/α,β-unsaturated/α-hetero) is 1. The predicted octanol–water partition coefficient (Wildman–Crippen LogP) is 2.31. The highest BCUT2D eigenvalue weighted by molar-refractivity contribution is 6.01. The number of benzene rings is 1. The molecule has 0 fully saturated rings. The molecule has 2 rings (SSSR count). The summed E-state index contributed by atoms with van der Waals surface area (Å²) in [7, 11) is 0. The quantitative estimate of drug-likeness (QED) is 0.731. The van der Waals surface area contributed by atoms with Gasteiger partial charge in [-0.1, -0.05) is 24.3 Å². The predicted molar refractivity (Wildman–Crippen MR) is 59.4 cm³/mol. The van der Waals surface area contributed by atoms with Gasteiger partial charge in [0.25, 0.3) is 0 Å². The topological polar surface area (TPSA) is 43.4 Å². The van der Waals surface area contributed by atoms with Crippen LogP contribution in [0.5, 0.6) is 0 Å². The van der Waals surface area contributed by atoms with E-state index in [1.165, 1.54) is 0 Å². The Morgan fingerprint density at radius 1 is 1.44 bits per heavy atom. The zero-order valence-electron chi connectivity index (χ0n) is 9.23. The Morgan fingerprint density at radius 3 is 2.94 bits per heavy atom. The highest BCUT2D eigenvalue weighted by Crippen LogP contribution is 2.35. The third kappa shape index (κ3) is 1.98. The lowest BCUT2D eigenvalue weighted by Gasteiger charge is -2.09. The molecule has 0 spiro atoms. The zero-order valence-corrected chi connectivity index (χ0v) is 9.23. The van der Waals surface area contributed by atoms with Crippen molar-refractivity contribution in [3.05, 3.63) is 35.4 Å². The fourth-order valence-electron chi connectivity index (χ4n) is 2.15. The first kappa shape index (κ1) is 10.9. The van der Waals surface area contributed by atoms with Gasteiger partial charge in [-0.3, -0.25) is 9.59 Å². The second kappa shape index (κ2) is 4.47. The van der Waals surface area contributed by atoms with Crippen LogP contribution < -0.4 is 0 Å². The smallest absolute Gasteiger partial charge is 0.306 e. The second-order valence-electron chi connectivity index (χ2n) is 3.92. The number of hydrogen-bond acceptors (Lipinski definition) is 3. The molecule has 0 radical (unpaired) electrons. The highest BCUT2D eigenvalue weighted by Gasteiger charge is 2.30. The molecule has 16 heavy (non-hydrogen) atoms. The fourth-order valence-corrected chi connectivity index (χ4v) is 2.15. The molecule has 0 saturated carbocycles. The Balaban J connectivity index is 2.15. The molecule has 0 aliphatic heterocycles. The van der Waals surface area contributed by atoms with E-state index in [2.05, 4.69) is 0 Å². The van der Waals surface area contributed by atoms with Gasteiger partial charge in [-0.25, -0.2) is 0 Å². The standard InChI is InChI=1S/C13H14O3/c1-2-16-13(15)8-9-7-12(14)11-6-4-3-5-10(9)11/h3-6,9H,2,7-8H2,1H3/t9-/m1/s1. The Kier molecular flexibility index (Phi) is 3.04. The van der Waals surface area contributed by atoms with Crippen LogP contribution >= 0.6 is 0 Å². The van der Waals surface area contributed by atoms with E-state index in [9.17, 15) is 9.59 Å². The van der Waals surface area contributed by atoms with Gasteiger partial charge in [0.05, 0.1) is 13.0 Å². The van der Waals surface area contributed by atoms with Crippen LogP contribution in [0.2, 0.25) is 0 Å². The number of carbonyl (C=O) groups is 2. The lowest BCUT2D eigenvalue weighted by molar-refractivity contribution is -0.143. The van der Waals surface area contributed by atoms with E-state index in [-0.39, 0.29) is 17.7 Å². The third-order valence-corrected chi connectivity index (χ3v) is 2.85. The number of rotatable bonds is 3. The van der Waals surface area contributed by atoms with Crippen molar-refractivity contribution in [3.8, 4) is 0 Å². The highest BCUT2D eigenvalue weighted by atomic mass is 16.5. The van der Waals surface area contributed by atoms with E-state index in [0.29, 0.717) is 19.4 Å². The maximum atomic E-state index is 11.7. The van der Waals surface area contributed by atoms with E-state index >= 15 is 0 Å². The summed E-state index contributed by atoms with van der Waals surface area (Å²) in [5.41, 5.74) is 1.75. The first-order valence-corrected chi connectivity index (χ1v) is 5.50. The Morgan fingerprint density at radius 2 is 2.19 bits per heavy atom. The number of hydrogen-bond donors (Lipinski definition) is 0. The van der Waals surface area contributed by atoms with E-state index < -0.39 is 0 Å². The average molecular weight is 218 g/mol. The van der Waals surface area contributed by atoms with Gasteiger partial charge >= 0.3 is 5.97 Å². The minimum Gasteiger partial charge on any atom is -0.466 e. The van der Waals surface area contributed by atoms with Crippen molar-refractivity contribution in [3.63, 3.8) is 0 Å². The van der Waals surface area contributed by atoms with E-state index in [1.807, 2.05) is 24.3 Å². The zero-order chi connectivity index (χ0) is 11.5. The molecular weight excluding hydrogens is 204 g/mol. The van der Waals surface area contributed by atoms with Crippen molar-refractivity contribution < 1.29 is 14.3 Å². The monoisotopic (exact) mass is 218 g/mol. The number of fused-ring (bicyclic) bond motifs is 1. The summed E-state index contributed by atoms with van der Waals surface area (Å²) in [5.74, 6) is -0.0929. The molecule has 1 atom stereocenters. The maximum absolute atomic E-state index is 11.7. The summed E-state index contributed by atoms with van der Waals surface area (Å²) < 4.78 is 4.90. The van der Waals surface area contributed by atoms with Crippen molar-refractivity contribution in [2.45, 2.75) is 25.7 Å². The molecule has 0 N–H and O–H groups in total. The molecule has 1 aliphatic rings. The summed E-state index contributed by atoms with van der Waals surface area (Å²) in [5, 5.41) is 0. The van der Waals surface area contributed by atoms with Crippen molar-refractivity contribution in [1.29, 1.82) is 0 Å². The van der Waals surface area contributed by atoms with Gasteiger partial charge < -0.3 is 4.74 Å². The molecule has 0 bridgehead atoms. The van der Waals surface area contributed by atoms with E-state index in [0.717, 1.165) is 11.1 Å². The summed E-state index contributed by atoms with van der Waals surface area (Å²) >= 11 is 0. The normalized spacial score (nSPS) is 18.3. The summed E-state index contributed by atoms with van der Waals surface area (Å²) in [4.78, 5) is 23.0. The summed E-state index contributed by atoms with van der Waals surface area (Å²) in [6.07, 6.45) is 0.731. The number of ketones is 1. The molecule has 1 aromatic carbocycles. The van der Waals surface area contributed by atoms with Crippen LogP contribution in [0.1, 0.15) is 41.6 Å². The molecule has 0 saturated heterocycles. The first-order valence-electron chi connectivity index (χ1n) is 5.50. The average Bonchev–Trinajstić information content (AvgIpc) is 2.57. The SMILES string of the molecule is CCOC(=O)C[C@H]1CC(=O)c2ccccc21. The molecule has 0 unspecified atom stereocenters. The van der Waals surface area contributed by atoms with Crippen molar-refractivity contribution in [2.24, 2.45) is 0 Å². The van der Waals surface area contributed by atoms with Crippen LogP contribution in [0, 0.1) is 0 Å². The molecule has 0 aromatic heterocycles. The van der Waals surface area contributed by atoms with Gasteiger partial charge in [-0.05, 0) is 12.5 Å². The van der Waals surface area contributed by atoms with Crippen molar-refractivity contribution >= 4 is 11.8 Å². The molecule has 1 aliphatic carbocycles. The van der Waals surface area contributed by atoms with Gasteiger partial charge in [-0.2, -0.15) is 0 Å². The molecular formula is C13H14O3. The molecule has 0 amide bonds. The second-order valence-corrected chi connectivity index (χ2v) is 3.92. The van der Waals surface area contributed by atoms with Gasteiger partial charge in [0.2, 0.25) is 0 Å². The van der Waals surface area contributed by atoms with E-state index in [1.54, 1.807) is 6.92 Å². The van der Waals surface area contributed by atoms with Crippen LogP contribution in [0.4, 0.5) is 0 Å².